The highest BCUT2D eigenvalue weighted by molar-refractivity contribution is 5.94. The third-order valence-electron chi connectivity index (χ3n) is 3.75. The van der Waals surface area contributed by atoms with E-state index in [9.17, 15) is 9.59 Å². The number of methoxy groups -OCH3 is 1. The first kappa shape index (κ1) is 17.2. The summed E-state index contributed by atoms with van der Waals surface area (Å²) in [5.74, 6) is -0.910. The molecular formula is C19H17N3O4. The van der Waals surface area contributed by atoms with Gasteiger partial charge in [-0.05, 0) is 23.8 Å². The molecule has 0 bridgehead atoms. The smallest absolute Gasteiger partial charge is 0.343 e. The van der Waals surface area contributed by atoms with Gasteiger partial charge in [0.15, 0.2) is 0 Å². The van der Waals surface area contributed by atoms with Gasteiger partial charge in [0.2, 0.25) is 0 Å². The zero-order chi connectivity index (χ0) is 18.5. The lowest BCUT2D eigenvalue weighted by Gasteiger charge is -2.07. The maximum Gasteiger partial charge on any atom is 0.343 e. The van der Waals surface area contributed by atoms with Crippen LogP contribution in [0.3, 0.4) is 0 Å². The molecular weight excluding hydrogens is 334 g/mol. The highest BCUT2D eigenvalue weighted by Gasteiger charge is 2.18. The summed E-state index contributed by atoms with van der Waals surface area (Å²) >= 11 is 0. The molecule has 2 aromatic carbocycles. The van der Waals surface area contributed by atoms with Gasteiger partial charge in [-0.3, -0.25) is 0 Å². The topological polar surface area (TPSA) is 96.4 Å². The van der Waals surface area contributed by atoms with E-state index in [1.807, 2.05) is 30.3 Å². The summed E-state index contributed by atoms with van der Waals surface area (Å²) in [5.41, 5.74) is 7.97. The van der Waals surface area contributed by atoms with Crippen molar-refractivity contribution < 1.29 is 19.1 Å². The Morgan fingerprint density at radius 3 is 2.58 bits per heavy atom. The van der Waals surface area contributed by atoms with Crippen LogP contribution in [0.25, 0.3) is 5.69 Å². The van der Waals surface area contributed by atoms with Crippen LogP contribution in [0.2, 0.25) is 0 Å². The van der Waals surface area contributed by atoms with Gasteiger partial charge in [0.25, 0.3) is 0 Å². The molecule has 0 radical (unpaired) electrons. The van der Waals surface area contributed by atoms with Gasteiger partial charge in [-0.25, -0.2) is 14.3 Å². The van der Waals surface area contributed by atoms with E-state index in [4.69, 9.17) is 15.2 Å². The van der Waals surface area contributed by atoms with Crippen molar-refractivity contribution >= 4 is 17.8 Å². The molecule has 132 valence electrons. The molecule has 1 heterocycles. The normalized spacial score (nSPS) is 10.3. The number of nitrogens with zero attached hydrogens (tertiary/aromatic N) is 2. The molecule has 0 amide bonds. The average molecular weight is 351 g/mol. The molecule has 0 aliphatic rings. The second-order valence-electron chi connectivity index (χ2n) is 5.46. The number of benzene rings is 2. The molecule has 0 saturated carbocycles. The van der Waals surface area contributed by atoms with Gasteiger partial charge < -0.3 is 15.2 Å². The predicted molar refractivity (Wildman–Crippen MR) is 94.9 cm³/mol. The van der Waals surface area contributed by atoms with Crippen molar-refractivity contribution in [2.24, 2.45) is 0 Å². The number of ether oxygens (including phenoxy) is 2. The average Bonchev–Trinajstić information content (AvgIpc) is 3.08. The van der Waals surface area contributed by atoms with Gasteiger partial charge in [-0.1, -0.05) is 36.4 Å². The van der Waals surface area contributed by atoms with Crippen molar-refractivity contribution in [1.29, 1.82) is 0 Å². The van der Waals surface area contributed by atoms with Crippen molar-refractivity contribution in [3.05, 3.63) is 77.5 Å². The van der Waals surface area contributed by atoms with Gasteiger partial charge in [-0.15, -0.1) is 0 Å². The summed E-state index contributed by atoms with van der Waals surface area (Å²) < 4.78 is 11.3. The van der Waals surface area contributed by atoms with E-state index in [0.717, 1.165) is 5.56 Å². The molecule has 0 unspecified atom stereocenters. The molecule has 3 aromatic rings. The standard InChI is InChI=1S/C19H17N3O4/c1-25-18(23)14-8-5-9-15(10-14)22-17(20)16(11-21-22)19(24)26-12-13-6-3-2-4-7-13/h2-11H,12,20H2,1H3. The molecule has 26 heavy (non-hydrogen) atoms. The van der Waals surface area contributed by atoms with Crippen molar-refractivity contribution in [2.75, 3.05) is 12.8 Å². The minimum absolute atomic E-state index is 0.130. The van der Waals surface area contributed by atoms with Crippen LogP contribution >= 0.6 is 0 Å². The molecule has 1 aromatic heterocycles. The first-order chi connectivity index (χ1) is 12.6. The van der Waals surface area contributed by atoms with Crippen LogP contribution in [0.4, 0.5) is 5.82 Å². The zero-order valence-electron chi connectivity index (χ0n) is 14.1. The Bertz CT molecular complexity index is 935. The first-order valence-corrected chi connectivity index (χ1v) is 7.83. The second-order valence-corrected chi connectivity index (χ2v) is 5.46. The van der Waals surface area contributed by atoms with E-state index >= 15 is 0 Å². The largest absolute Gasteiger partial charge is 0.465 e. The second kappa shape index (κ2) is 7.52. The van der Waals surface area contributed by atoms with Crippen LogP contribution in [0.1, 0.15) is 26.3 Å². The first-order valence-electron chi connectivity index (χ1n) is 7.83. The Morgan fingerprint density at radius 1 is 1.08 bits per heavy atom. The molecule has 0 fully saturated rings. The maximum atomic E-state index is 12.3. The number of esters is 2. The molecule has 0 aliphatic carbocycles. The summed E-state index contributed by atoms with van der Waals surface area (Å²) in [6.45, 7) is 0.141. The Labute approximate surface area is 150 Å². The summed E-state index contributed by atoms with van der Waals surface area (Å²) in [7, 11) is 1.30. The monoisotopic (exact) mass is 351 g/mol. The van der Waals surface area contributed by atoms with Crippen LogP contribution < -0.4 is 5.73 Å². The lowest BCUT2D eigenvalue weighted by atomic mass is 10.2. The number of nitrogens with two attached hydrogens (primary N) is 1. The lowest BCUT2D eigenvalue weighted by molar-refractivity contribution is 0.0473. The summed E-state index contributed by atoms with van der Waals surface area (Å²) in [6.07, 6.45) is 1.34. The van der Waals surface area contributed by atoms with Crippen LogP contribution in [-0.2, 0) is 16.1 Å². The summed E-state index contributed by atoms with van der Waals surface area (Å²) in [4.78, 5) is 23.9. The minimum atomic E-state index is -0.568. The molecule has 7 nitrogen and oxygen atoms in total. The van der Waals surface area contributed by atoms with E-state index in [2.05, 4.69) is 5.10 Å². The molecule has 2 N–H and O–H groups in total. The van der Waals surface area contributed by atoms with E-state index in [-0.39, 0.29) is 18.0 Å². The van der Waals surface area contributed by atoms with Crippen molar-refractivity contribution in [1.82, 2.24) is 9.78 Å². The summed E-state index contributed by atoms with van der Waals surface area (Å²) in [5, 5.41) is 4.13. The fourth-order valence-corrected chi connectivity index (χ4v) is 2.40. The van der Waals surface area contributed by atoms with Gasteiger partial charge in [0.05, 0.1) is 24.6 Å². The molecule has 0 saturated heterocycles. The van der Waals surface area contributed by atoms with E-state index in [0.29, 0.717) is 11.3 Å². The van der Waals surface area contributed by atoms with Crippen LogP contribution in [-0.4, -0.2) is 28.8 Å². The molecule has 0 atom stereocenters. The van der Waals surface area contributed by atoms with Crippen molar-refractivity contribution in [3.63, 3.8) is 0 Å². The van der Waals surface area contributed by atoms with Crippen molar-refractivity contribution in [3.8, 4) is 5.69 Å². The zero-order valence-corrected chi connectivity index (χ0v) is 14.1. The Kier molecular flexibility index (Phi) is 4.98. The third kappa shape index (κ3) is 3.56. The Hall–Kier alpha value is -3.61. The molecule has 0 spiro atoms. The van der Waals surface area contributed by atoms with Crippen molar-refractivity contribution in [2.45, 2.75) is 6.61 Å². The van der Waals surface area contributed by atoms with Gasteiger partial charge in [-0.2, -0.15) is 5.10 Å². The van der Waals surface area contributed by atoms with E-state index in [1.54, 1.807) is 24.3 Å². The number of carbonyl (C=O) groups excluding carboxylic acids is 2. The van der Waals surface area contributed by atoms with Crippen LogP contribution in [0, 0.1) is 0 Å². The van der Waals surface area contributed by atoms with Crippen LogP contribution in [0.15, 0.2) is 60.8 Å². The highest BCUT2D eigenvalue weighted by Crippen LogP contribution is 2.19. The quantitative estimate of drug-likeness (QED) is 0.710. The summed E-state index contributed by atoms with van der Waals surface area (Å²) in [6, 6.07) is 15.9. The molecule has 3 rings (SSSR count). The van der Waals surface area contributed by atoms with Gasteiger partial charge in [0.1, 0.15) is 18.0 Å². The fraction of sp³-hybridized carbons (Fsp3) is 0.105. The SMILES string of the molecule is COC(=O)c1cccc(-n2ncc(C(=O)OCc3ccccc3)c2N)c1. The number of hydrogen-bond acceptors (Lipinski definition) is 6. The number of anilines is 1. The Balaban J connectivity index is 1.79. The van der Waals surface area contributed by atoms with Gasteiger partial charge in [0, 0.05) is 0 Å². The number of hydrogen-bond donors (Lipinski definition) is 1. The lowest BCUT2D eigenvalue weighted by Crippen LogP contribution is -2.10. The number of rotatable bonds is 5. The third-order valence-corrected chi connectivity index (χ3v) is 3.75. The number of aromatic nitrogens is 2. The predicted octanol–water partition coefficient (Wildman–Crippen LogP) is 2.60. The van der Waals surface area contributed by atoms with E-state index < -0.39 is 11.9 Å². The number of carbonyl (C=O) groups is 2. The van der Waals surface area contributed by atoms with Gasteiger partial charge >= 0.3 is 11.9 Å². The van der Waals surface area contributed by atoms with Crippen LogP contribution in [0.5, 0.6) is 0 Å². The Morgan fingerprint density at radius 2 is 1.85 bits per heavy atom. The number of nitrogen functional groups attached to an aromatic ring is 1. The highest BCUT2D eigenvalue weighted by atomic mass is 16.5. The minimum Gasteiger partial charge on any atom is -0.465 e. The molecule has 0 aliphatic heterocycles. The van der Waals surface area contributed by atoms with E-state index in [1.165, 1.54) is 18.0 Å². The molecule has 7 heteroatoms. The fourth-order valence-electron chi connectivity index (χ4n) is 2.40. The maximum absolute atomic E-state index is 12.3.